The Bertz CT molecular complexity index is 685. The van der Waals surface area contributed by atoms with Crippen molar-refractivity contribution in [2.45, 2.75) is 13.8 Å². The molecule has 17 heavy (non-hydrogen) atoms. The summed E-state index contributed by atoms with van der Waals surface area (Å²) in [6, 6.07) is 8.15. The third-order valence-corrected chi connectivity index (χ3v) is 2.91. The number of hydrogen-bond donors (Lipinski definition) is 0. The van der Waals surface area contributed by atoms with E-state index in [1.54, 1.807) is 6.20 Å². The minimum Gasteiger partial charge on any atom is -0.286 e. The Hall–Kier alpha value is -2.23. The van der Waals surface area contributed by atoms with Crippen LogP contribution in [0.2, 0.25) is 0 Å². The number of nitrogens with zero attached hydrogens (tertiary/aromatic N) is 4. The normalized spacial score (nSPS) is 10.9. The van der Waals surface area contributed by atoms with Crippen LogP contribution in [0.15, 0.2) is 36.7 Å². The minimum absolute atomic E-state index is 0.834. The molecule has 0 aliphatic heterocycles. The van der Waals surface area contributed by atoms with Crippen LogP contribution in [0.5, 0.6) is 0 Å². The molecule has 0 amide bonds. The lowest BCUT2D eigenvalue weighted by Crippen LogP contribution is -2.03. The SMILES string of the molecule is Cc1nnc(-n2ccnc2C)c2ccccc12. The third-order valence-electron chi connectivity index (χ3n) is 2.91. The molecule has 4 heteroatoms. The van der Waals surface area contributed by atoms with Gasteiger partial charge in [-0.25, -0.2) is 4.98 Å². The largest absolute Gasteiger partial charge is 0.286 e. The van der Waals surface area contributed by atoms with Gasteiger partial charge in [-0.1, -0.05) is 24.3 Å². The second kappa shape index (κ2) is 3.66. The van der Waals surface area contributed by atoms with Crippen LogP contribution in [0.1, 0.15) is 11.5 Å². The highest BCUT2D eigenvalue weighted by Gasteiger charge is 2.09. The van der Waals surface area contributed by atoms with E-state index in [0.717, 1.165) is 28.1 Å². The van der Waals surface area contributed by atoms with Gasteiger partial charge in [0.15, 0.2) is 5.82 Å². The van der Waals surface area contributed by atoms with Crippen molar-refractivity contribution < 1.29 is 0 Å². The lowest BCUT2D eigenvalue weighted by atomic mass is 10.1. The number of benzene rings is 1. The molecule has 0 aliphatic rings. The van der Waals surface area contributed by atoms with Gasteiger partial charge in [0.05, 0.1) is 5.69 Å². The molecule has 0 atom stereocenters. The molecule has 4 nitrogen and oxygen atoms in total. The molecule has 0 fully saturated rings. The van der Waals surface area contributed by atoms with Gasteiger partial charge in [0, 0.05) is 23.2 Å². The van der Waals surface area contributed by atoms with Gasteiger partial charge >= 0.3 is 0 Å². The highest BCUT2D eigenvalue weighted by Crippen LogP contribution is 2.22. The summed E-state index contributed by atoms with van der Waals surface area (Å²) in [5.74, 6) is 1.74. The molecular weight excluding hydrogens is 212 g/mol. The topological polar surface area (TPSA) is 43.6 Å². The molecule has 0 spiro atoms. The lowest BCUT2D eigenvalue weighted by molar-refractivity contribution is 0.881. The van der Waals surface area contributed by atoms with Crippen molar-refractivity contribution >= 4 is 10.8 Å². The molecule has 0 unspecified atom stereocenters. The summed E-state index contributed by atoms with van der Waals surface area (Å²) in [6.45, 7) is 3.93. The molecule has 0 aliphatic carbocycles. The molecule has 0 saturated carbocycles. The van der Waals surface area contributed by atoms with Crippen LogP contribution in [0.4, 0.5) is 0 Å². The Morgan fingerprint density at radius 2 is 1.76 bits per heavy atom. The summed E-state index contributed by atoms with van der Waals surface area (Å²) in [5.41, 5.74) is 0.946. The molecular formula is C13H12N4. The average molecular weight is 224 g/mol. The predicted molar refractivity (Wildman–Crippen MR) is 66.1 cm³/mol. The van der Waals surface area contributed by atoms with E-state index in [9.17, 15) is 0 Å². The Morgan fingerprint density at radius 1 is 1.00 bits per heavy atom. The minimum atomic E-state index is 0.834. The smallest absolute Gasteiger partial charge is 0.168 e. The Morgan fingerprint density at radius 3 is 2.47 bits per heavy atom. The van der Waals surface area contributed by atoms with E-state index in [0.29, 0.717) is 0 Å². The molecule has 0 radical (unpaired) electrons. The van der Waals surface area contributed by atoms with E-state index in [2.05, 4.69) is 27.3 Å². The van der Waals surface area contributed by atoms with Gasteiger partial charge in [-0.3, -0.25) is 4.57 Å². The van der Waals surface area contributed by atoms with Crippen molar-refractivity contribution in [3.63, 3.8) is 0 Å². The predicted octanol–water partition coefficient (Wildman–Crippen LogP) is 2.43. The standard InChI is InChI=1S/C13H12N4/c1-9-11-5-3-4-6-12(11)13(16-15-9)17-8-7-14-10(17)2/h3-8H,1-2H3. The van der Waals surface area contributed by atoms with Crippen molar-refractivity contribution in [1.29, 1.82) is 0 Å². The molecule has 1 aromatic carbocycles. The molecule has 3 rings (SSSR count). The second-order valence-electron chi connectivity index (χ2n) is 4.00. The maximum atomic E-state index is 4.28. The fraction of sp³-hybridized carbons (Fsp3) is 0.154. The summed E-state index contributed by atoms with van der Waals surface area (Å²) in [7, 11) is 0. The van der Waals surface area contributed by atoms with Crippen LogP contribution < -0.4 is 0 Å². The summed E-state index contributed by atoms with van der Waals surface area (Å²) in [4.78, 5) is 4.22. The average Bonchev–Trinajstić information content (AvgIpc) is 2.77. The molecule has 2 heterocycles. The fourth-order valence-corrected chi connectivity index (χ4v) is 2.00. The highest BCUT2D eigenvalue weighted by atomic mass is 15.2. The Kier molecular flexibility index (Phi) is 2.14. The summed E-state index contributed by atoms with van der Waals surface area (Å²) < 4.78 is 1.95. The zero-order valence-electron chi connectivity index (χ0n) is 9.75. The second-order valence-corrected chi connectivity index (χ2v) is 4.00. The van der Waals surface area contributed by atoms with Crippen molar-refractivity contribution in [2.75, 3.05) is 0 Å². The summed E-state index contributed by atoms with van der Waals surface area (Å²) in [5, 5.41) is 10.7. The first-order valence-corrected chi connectivity index (χ1v) is 5.50. The number of imidazole rings is 1. The number of hydrogen-bond acceptors (Lipinski definition) is 3. The lowest BCUT2D eigenvalue weighted by Gasteiger charge is -2.08. The molecule has 0 saturated heterocycles. The quantitative estimate of drug-likeness (QED) is 0.637. The van der Waals surface area contributed by atoms with Crippen molar-refractivity contribution in [3.8, 4) is 5.82 Å². The third kappa shape index (κ3) is 1.49. The van der Waals surface area contributed by atoms with E-state index >= 15 is 0 Å². The first-order valence-electron chi connectivity index (χ1n) is 5.50. The van der Waals surface area contributed by atoms with Crippen LogP contribution >= 0.6 is 0 Å². The maximum Gasteiger partial charge on any atom is 0.168 e. The van der Waals surface area contributed by atoms with E-state index < -0.39 is 0 Å². The van der Waals surface area contributed by atoms with Gasteiger partial charge in [-0.05, 0) is 13.8 Å². The monoisotopic (exact) mass is 224 g/mol. The van der Waals surface area contributed by atoms with Gasteiger partial charge in [0.25, 0.3) is 0 Å². The maximum absolute atomic E-state index is 4.28. The van der Waals surface area contributed by atoms with Crippen LogP contribution in [0.3, 0.4) is 0 Å². The van der Waals surface area contributed by atoms with Crippen molar-refractivity contribution in [2.24, 2.45) is 0 Å². The Balaban J connectivity index is 2.39. The van der Waals surface area contributed by atoms with Crippen LogP contribution in [0, 0.1) is 13.8 Å². The number of fused-ring (bicyclic) bond motifs is 1. The molecule has 2 aromatic heterocycles. The highest BCUT2D eigenvalue weighted by molar-refractivity contribution is 5.89. The van der Waals surface area contributed by atoms with Gasteiger partial charge in [-0.2, -0.15) is 5.10 Å². The van der Waals surface area contributed by atoms with Crippen molar-refractivity contribution in [3.05, 3.63) is 48.2 Å². The molecule has 84 valence electrons. The van der Waals surface area contributed by atoms with E-state index in [4.69, 9.17) is 0 Å². The summed E-state index contributed by atoms with van der Waals surface area (Å²) in [6.07, 6.45) is 3.67. The molecule has 3 aromatic rings. The number of aryl methyl sites for hydroxylation is 2. The van der Waals surface area contributed by atoms with Gasteiger partial charge in [0.1, 0.15) is 5.82 Å². The van der Waals surface area contributed by atoms with E-state index in [1.807, 2.05) is 36.7 Å². The van der Waals surface area contributed by atoms with Crippen molar-refractivity contribution in [1.82, 2.24) is 19.7 Å². The first-order chi connectivity index (χ1) is 8.27. The van der Waals surface area contributed by atoms with Gasteiger partial charge < -0.3 is 0 Å². The first kappa shape index (κ1) is 9.96. The zero-order chi connectivity index (χ0) is 11.8. The Labute approximate surface area is 98.9 Å². The van der Waals surface area contributed by atoms with Crippen LogP contribution in [-0.4, -0.2) is 19.7 Å². The molecule has 0 N–H and O–H groups in total. The fourth-order valence-electron chi connectivity index (χ4n) is 2.00. The van der Waals surface area contributed by atoms with Gasteiger partial charge in [0.2, 0.25) is 0 Å². The van der Waals surface area contributed by atoms with E-state index in [-0.39, 0.29) is 0 Å². The summed E-state index contributed by atoms with van der Waals surface area (Å²) >= 11 is 0. The zero-order valence-corrected chi connectivity index (χ0v) is 9.75. The number of aromatic nitrogens is 4. The van der Waals surface area contributed by atoms with Gasteiger partial charge in [-0.15, -0.1) is 5.10 Å². The van der Waals surface area contributed by atoms with E-state index in [1.165, 1.54) is 0 Å². The molecule has 0 bridgehead atoms. The number of rotatable bonds is 1. The van der Waals surface area contributed by atoms with Crippen LogP contribution in [0.25, 0.3) is 16.6 Å². The van der Waals surface area contributed by atoms with Crippen LogP contribution in [-0.2, 0) is 0 Å².